The molecule has 0 radical (unpaired) electrons. The number of hydrogen-bond donors (Lipinski definition) is 1. The van der Waals surface area contributed by atoms with E-state index in [1.165, 1.54) is 42.4 Å². The number of aromatic nitrogens is 1. The second-order valence-electron chi connectivity index (χ2n) is 5.62. The highest BCUT2D eigenvalue weighted by molar-refractivity contribution is 7.19. The molecule has 3 heteroatoms. The molecule has 21 heavy (non-hydrogen) atoms. The first-order chi connectivity index (χ1) is 10.1. The van der Waals surface area contributed by atoms with Gasteiger partial charge in [-0.2, -0.15) is 0 Å². The van der Waals surface area contributed by atoms with E-state index in [4.69, 9.17) is 4.74 Å². The summed E-state index contributed by atoms with van der Waals surface area (Å²) < 4.78 is 6.74. The topological polar surface area (TPSA) is 25.0 Å². The van der Waals surface area contributed by atoms with E-state index in [0.717, 1.165) is 11.3 Å². The highest BCUT2D eigenvalue weighted by atomic mass is 32.1. The quantitative estimate of drug-likeness (QED) is 0.495. The second-order valence-corrected chi connectivity index (χ2v) is 6.85. The van der Waals surface area contributed by atoms with Crippen LogP contribution in [0.3, 0.4) is 0 Å². The molecule has 0 aliphatic rings. The third-order valence-corrected chi connectivity index (χ3v) is 5.81. The van der Waals surface area contributed by atoms with Crippen molar-refractivity contribution in [2.45, 2.75) is 20.8 Å². The van der Waals surface area contributed by atoms with Gasteiger partial charge in [0.15, 0.2) is 0 Å². The minimum absolute atomic E-state index is 0.889. The highest BCUT2D eigenvalue weighted by Gasteiger charge is 2.14. The largest absolute Gasteiger partial charge is 0.497 e. The van der Waals surface area contributed by atoms with Crippen LogP contribution in [0, 0.1) is 20.8 Å². The number of rotatable bonds is 1. The van der Waals surface area contributed by atoms with Crippen molar-refractivity contribution in [1.82, 2.24) is 4.98 Å². The van der Waals surface area contributed by atoms with E-state index < -0.39 is 0 Å². The van der Waals surface area contributed by atoms with E-state index in [-0.39, 0.29) is 0 Å². The summed E-state index contributed by atoms with van der Waals surface area (Å²) in [5, 5.41) is 3.98. The molecular weight excluding hydrogens is 278 g/mol. The van der Waals surface area contributed by atoms with Gasteiger partial charge in [-0.05, 0) is 55.5 Å². The molecule has 106 valence electrons. The number of H-pyrrole nitrogens is 1. The van der Waals surface area contributed by atoms with Crippen molar-refractivity contribution in [3.63, 3.8) is 0 Å². The lowest BCUT2D eigenvalue weighted by Gasteiger charge is -2.01. The first-order valence-electron chi connectivity index (χ1n) is 7.09. The maximum Gasteiger partial charge on any atom is 0.120 e. The number of thiophene rings is 1. The molecule has 2 nitrogen and oxygen atoms in total. The number of hydrogen-bond acceptors (Lipinski definition) is 2. The molecule has 0 aliphatic carbocycles. The van der Waals surface area contributed by atoms with Crippen LogP contribution in [0.5, 0.6) is 5.75 Å². The van der Waals surface area contributed by atoms with Gasteiger partial charge in [0.05, 0.1) is 12.6 Å². The molecule has 0 unspecified atom stereocenters. The van der Waals surface area contributed by atoms with Gasteiger partial charge in [0.2, 0.25) is 0 Å². The van der Waals surface area contributed by atoms with Crippen LogP contribution in [0.15, 0.2) is 24.3 Å². The predicted molar refractivity (Wildman–Crippen MR) is 92.0 cm³/mol. The smallest absolute Gasteiger partial charge is 0.120 e. The van der Waals surface area contributed by atoms with E-state index in [1.54, 1.807) is 7.11 Å². The van der Waals surface area contributed by atoms with Gasteiger partial charge >= 0.3 is 0 Å². The third-order valence-electron chi connectivity index (χ3n) is 4.47. The first kappa shape index (κ1) is 12.7. The monoisotopic (exact) mass is 295 g/mol. The number of nitrogens with one attached hydrogen (secondary N) is 1. The molecule has 0 saturated carbocycles. The third kappa shape index (κ3) is 1.64. The van der Waals surface area contributed by atoms with Crippen LogP contribution in [0.2, 0.25) is 0 Å². The van der Waals surface area contributed by atoms with E-state index >= 15 is 0 Å². The summed E-state index contributed by atoms with van der Waals surface area (Å²) >= 11 is 1.90. The summed E-state index contributed by atoms with van der Waals surface area (Å²) in [5.41, 5.74) is 5.12. The van der Waals surface area contributed by atoms with Crippen molar-refractivity contribution >= 4 is 43.2 Å². The lowest BCUT2D eigenvalue weighted by atomic mass is 10.0. The number of ether oxygens (including phenoxy) is 1. The van der Waals surface area contributed by atoms with Crippen LogP contribution in [-0.4, -0.2) is 12.1 Å². The van der Waals surface area contributed by atoms with E-state index in [1.807, 2.05) is 17.4 Å². The van der Waals surface area contributed by atoms with Crippen LogP contribution >= 0.6 is 11.3 Å². The fraction of sp³-hybridized carbons (Fsp3) is 0.222. The fourth-order valence-electron chi connectivity index (χ4n) is 3.19. The zero-order valence-electron chi connectivity index (χ0n) is 12.6. The van der Waals surface area contributed by atoms with Crippen molar-refractivity contribution in [3.05, 3.63) is 40.3 Å². The molecule has 0 bridgehead atoms. The van der Waals surface area contributed by atoms with Crippen molar-refractivity contribution < 1.29 is 4.74 Å². The minimum Gasteiger partial charge on any atom is -0.497 e. The van der Waals surface area contributed by atoms with Crippen LogP contribution < -0.4 is 4.74 Å². The predicted octanol–water partition coefficient (Wildman–Crippen LogP) is 5.47. The molecule has 2 heterocycles. The molecule has 0 spiro atoms. The maximum atomic E-state index is 5.33. The van der Waals surface area contributed by atoms with E-state index in [0.29, 0.717) is 0 Å². The highest BCUT2D eigenvalue weighted by Crippen LogP contribution is 2.39. The number of methoxy groups -OCH3 is 1. The van der Waals surface area contributed by atoms with E-state index in [2.05, 4.69) is 44.0 Å². The van der Waals surface area contributed by atoms with Crippen LogP contribution in [0.4, 0.5) is 0 Å². The Balaban J connectivity index is 2.20. The fourth-order valence-corrected chi connectivity index (χ4v) is 4.34. The zero-order chi connectivity index (χ0) is 14.7. The average Bonchev–Trinajstić information content (AvgIpc) is 2.98. The lowest BCUT2D eigenvalue weighted by Crippen LogP contribution is -1.81. The molecule has 4 rings (SSSR count). The van der Waals surface area contributed by atoms with Crippen molar-refractivity contribution in [2.75, 3.05) is 7.11 Å². The number of aryl methyl sites for hydroxylation is 3. The van der Waals surface area contributed by atoms with Crippen molar-refractivity contribution in [2.24, 2.45) is 0 Å². The molecule has 0 fully saturated rings. The van der Waals surface area contributed by atoms with Gasteiger partial charge in [-0.1, -0.05) is 0 Å². The summed E-state index contributed by atoms with van der Waals surface area (Å²) in [6.07, 6.45) is 0. The molecule has 2 aromatic heterocycles. The zero-order valence-corrected chi connectivity index (χ0v) is 13.4. The molecular formula is C18H17NOS. The summed E-state index contributed by atoms with van der Waals surface area (Å²) in [5.74, 6) is 0.889. The Morgan fingerprint density at radius 2 is 1.76 bits per heavy atom. The van der Waals surface area contributed by atoms with Crippen molar-refractivity contribution in [3.8, 4) is 5.75 Å². The minimum atomic E-state index is 0.889. The Bertz CT molecular complexity index is 1010. The molecule has 0 atom stereocenters. The Morgan fingerprint density at radius 3 is 2.52 bits per heavy atom. The number of benzene rings is 2. The van der Waals surface area contributed by atoms with Gasteiger partial charge in [-0.25, -0.2) is 0 Å². The summed E-state index contributed by atoms with van der Waals surface area (Å²) in [6.45, 7) is 6.65. The Kier molecular flexibility index (Phi) is 2.57. The summed E-state index contributed by atoms with van der Waals surface area (Å²) in [6, 6.07) is 8.55. The Hall–Kier alpha value is -2.00. The van der Waals surface area contributed by atoms with Gasteiger partial charge in [0, 0.05) is 31.9 Å². The number of aromatic amines is 1. The normalized spacial score (nSPS) is 11.8. The van der Waals surface area contributed by atoms with Gasteiger partial charge < -0.3 is 9.72 Å². The first-order valence-corrected chi connectivity index (χ1v) is 7.90. The van der Waals surface area contributed by atoms with Gasteiger partial charge in [0.25, 0.3) is 0 Å². The molecule has 0 amide bonds. The average molecular weight is 295 g/mol. The standard InChI is InChI=1S/C18H17NOS/c1-9-11(3)21-18-10(2)17-13-6-5-12(20-4)7-15(13)19-16(17)8-14(9)18/h5-8,19H,1-4H3. The molecule has 1 N–H and O–H groups in total. The second kappa shape index (κ2) is 4.25. The van der Waals surface area contributed by atoms with Crippen molar-refractivity contribution in [1.29, 1.82) is 0 Å². The van der Waals surface area contributed by atoms with Crippen LogP contribution in [0.1, 0.15) is 16.0 Å². The Labute approximate surface area is 127 Å². The summed E-state index contributed by atoms with van der Waals surface area (Å²) in [7, 11) is 1.71. The van der Waals surface area contributed by atoms with E-state index in [9.17, 15) is 0 Å². The molecule has 0 aliphatic heterocycles. The van der Waals surface area contributed by atoms with Crippen LogP contribution in [0.25, 0.3) is 31.9 Å². The molecule has 4 aromatic rings. The summed E-state index contributed by atoms with van der Waals surface area (Å²) in [4.78, 5) is 4.96. The maximum absolute atomic E-state index is 5.33. The lowest BCUT2D eigenvalue weighted by molar-refractivity contribution is 0.415. The van der Waals surface area contributed by atoms with Gasteiger partial charge in [-0.3, -0.25) is 0 Å². The SMILES string of the molecule is COc1ccc2c(c1)[nH]c1cc3c(C)c(C)sc3c(C)c12. The Morgan fingerprint density at radius 1 is 0.952 bits per heavy atom. The molecule has 2 aromatic carbocycles. The van der Waals surface area contributed by atoms with Gasteiger partial charge in [0.1, 0.15) is 5.75 Å². The van der Waals surface area contributed by atoms with Gasteiger partial charge in [-0.15, -0.1) is 11.3 Å². The van der Waals surface area contributed by atoms with Crippen LogP contribution in [-0.2, 0) is 0 Å². The molecule has 0 saturated heterocycles. The number of fused-ring (bicyclic) bond motifs is 4.